The molecule has 436 valence electrons. The number of benzene rings is 14. The van der Waals surface area contributed by atoms with E-state index in [-0.39, 0.29) is 6.71 Å². The number of rotatable bonds is 9. The molecule has 0 fully saturated rings. The van der Waals surface area contributed by atoms with Crippen LogP contribution >= 0.6 is 0 Å². The molecule has 3 heterocycles. The van der Waals surface area contributed by atoms with E-state index >= 15 is 0 Å². The average molecular weight is 1200 g/mol. The third-order valence-electron chi connectivity index (χ3n) is 21.3. The molecule has 5 heteroatoms. The molecule has 0 amide bonds. The molecule has 0 aromatic heterocycles. The highest BCUT2D eigenvalue weighted by atomic mass is 28.3. The molecule has 14 aromatic carbocycles. The molecule has 0 unspecified atom stereocenters. The van der Waals surface area contributed by atoms with Crippen LogP contribution in [0.4, 0.5) is 51.2 Å². The summed E-state index contributed by atoms with van der Waals surface area (Å²) < 4.78 is 0. The fourth-order valence-corrected chi connectivity index (χ4v) is 20.8. The molecule has 93 heavy (non-hydrogen) atoms. The predicted molar refractivity (Wildman–Crippen MR) is 392 cm³/mol. The number of nitrogens with zero attached hydrogens (tertiary/aromatic N) is 3. The molecule has 3 nitrogen and oxygen atoms in total. The summed E-state index contributed by atoms with van der Waals surface area (Å²) in [4.78, 5) is 7.94. The molecule has 0 atom stereocenters. The third kappa shape index (κ3) is 7.31. The maximum absolute atomic E-state index is 2.67. The largest absolute Gasteiger partial charge is 0.311 e. The number of anilines is 9. The van der Waals surface area contributed by atoms with Crippen molar-refractivity contribution >= 4 is 92.7 Å². The smallest absolute Gasteiger partial charge is 0.252 e. The van der Waals surface area contributed by atoms with Crippen LogP contribution in [0.15, 0.2) is 340 Å². The van der Waals surface area contributed by atoms with Crippen LogP contribution in [0.3, 0.4) is 0 Å². The summed E-state index contributed by atoms with van der Waals surface area (Å²) in [6, 6.07) is 129. The molecule has 0 N–H and O–H groups in total. The van der Waals surface area contributed by atoms with Gasteiger partial charge in [0.25, 0.3) is 6.71 Å². The minimum absolute atomic E-state index is 0.222. The second kappa shape index (κ2) is 20.4. The maximum Gasteiger partial charge on any atom is 0.252 e. The topological polar surface area (TPSA) is 9.72 Å². The molecule has 0 bridgehead atoms. The van der Waals surface area contributed by atoms with E-state index in [0.29, 0.717) is 0 Å². The fourth-order valence-electron chi connectivity index (χ4n) is 17.7. The van der Waals surface area contributed by atoms with Crippen LogP contribution in [-0.4, -0.2) is 14.8 Å². The molecule has 3 aliphatic heterocycles. The van der Waals surface area contributed by atoms with Gasteiger partial charge < -0.3 is 14.7 Å². The van der Waals surface area contributed by atoms with Gasteiger partial charge in [-0.3, -0.25) is 0 Å². The van der Waals surface area contributed by atoms with E-state index in [2.05, 4.69) is 368 Å². The standard InChI is InChI=1S/C88H62BN3Si/c1-93(2)79-51-29-26-47-69(79)83-76(50-30-52-80(83)93)90(63-39-18-7-19-40-63)66-57-77-84-78(58-66)92(65-43-22-9-23-44-65)86-75(56-54-73-82(86)68-46-25-28-49-71(68)88(73,61-35-14-5-15-36-61)62-37-16-6-17-38-62)89(84)74-55-53-72-81(85(74)91(77)64-41-20-8-21-42-64)67-45-24-27-48-70(67)87(72,59-31-10-3-11-32-59)60-33-12-4-13-34-60/h3-58H,1-2H3. The molecule has 0 spiro atoms. The van der Waals surface area contributed by atoms with Gasteiger partial charge >= 0.3 is 0 Å². The normalized spacial score (nSPS) is 14.8. The van der Waals surface area contributed by atoms with Crippen molar-refractivity contribution in [2.24, 2.45) is 0 Å². The van der Waals surface area contributed by atoms with Crippen LogP contribution in [0.1, 0.15) is 44.5 Å². The first kappa shape index (κ1) is 53.6. The zero-order chi connectivity index (χ0) is 61.6. The number of hydrogen-bond donors (Lipinski definition) is 0. The van der Waals surface area contributed by atoms with E-state index in [1.165, 1.54) is 122 Å². The quantitative estimate of drug-likeness (QED) is 0.133. The van der Waals surface area contributed by atoms with Crippen LogP contribution in [0, 0.1) is 0 Å². The summed E-state index contributed by atoms with van der Waals surface area (Å²) in [7, 11) is -2.13. The second-order valence-corrected chi connectivity index (χ2v) is 30.4. The highest BCUT2D eigenvalue weighted by Gasteiger charge is 2.54. The van der Waals surface area contributed by atoms with E-state index in [1.54, 1.807) is 0 Å². The Kier molecular flexibility index (Phi) is 11.7. The van der Waals surface area contributed by atoms with Crippen molar-refractivity contribution in [1.82, 2.24) is 0 Å². The van der Waals surface area contributed by atoms with E-state index < -0.39 is 18.9 Å². The van der Waals surface area contributed by atoms with Crippen molar-refractivity contribution in [3.63, 3.8) is 0 Å². The van der Waals surface area contributed by atoms with E-state index in [1.807, 2.05) is 0 Å². The Morgan fingerprint density at radius 1 is 0.312 bits per heavy atom. The molecule has 5 aliphatic rings. The molecular weight excluding hydrogens is 1140 g/mol. The monoisotopic (exact) mass is 1200 g/mol. The minimum atomic E-state index is -2.13. The van der Waals surface area contributed by atoms with E-state index in [4.69, 9.17) is 0 Å². The SMILES string of the molecule is C[Si]1(C)c2ccccc2-c2c(N(c3ccccc3)c3cc4c5c(c3)N(c3ccccc3)c3c(ccc6c3-c3ccccc3C6(c3ccccc3)c3ccccc3)B5c3ccc5c(c3N4c3ccccc3)-c3ccccc3C5(c3ccccc3)c3ccccc3)cccc21. The van der Waals surface area contributed by atoms with Crippen LogP contribution in [0.2, 0.25) is 13.1 Å². The second-order valence-electron chi connectivity index (χ2n) is 26.1. The van der Waals surface area contributed by atoms with Crippen LogP contribution in [0.5, 0.6) is 0 Å². The first-order chi connectivity index (χ1) is 46.0. The molecule has 14 aromatic rings. The fraction of sp³-hybridized carbons (Fsp3) is 0.0455. The zero-order valence-corrected chi connectivity index (χ0v) is 52.8. The van der Waals surface area contributed by atoms with Gasteiger partial charge in [0, 0.05) is 56.5 Å². The van der Waals surface area contributed by atoms with Gasteiger partial charge in [-0.1, -0.05) is 298 Å². The van der Waals surface area contributed by atoms with Crippen LogP contribution < -0.4 is 41.5 Å². The predicted octanol–water partition coefficient (Wildman–Crippen LogP) is 18.8. The van der Waals surface area contributed by atoms with Gasteiger partial charge in [-0.05, 0) is 143 Å². The van der Waals surface area contributed by atoms with Crippen LogP contribution in [-0.2, 0) is 10.8 Å². The van der Waals surface area contributed by atoms with Crippen molar-refractivity contribution in [2.45, 2.75) is 23.9 Å². The van der Waals surface area contributed by atoms with Gasteiger partial charge in [0.05, 0.1) is 22.2 Å². The molecule has 0 radical (unpaired) electrons. The van der Waals surface area contributed by atoms with E-state index in [9.17, 15) is 0 Å². The van der Waals surface area contributed by atoms with Gasteiger partial charge in [0.2, 0.25) is 0 Å². The number of hydrogen-bond acceptors (Lipinski definition) is 3. The zero-order valence-electron chi connectivity index (χ0n) is 51.8. The van der Waals surface area contributed by atoms with Gasteiger partial charge in [0.1, 0.15) is 8.07 Å². The Bertz CT molecular complexity index is 4980. The first-order valence-electron chi connectivity index (χ1n) is 32.7. The lowest BCUT2D eigenvalue weighted by Gasteiger charge is -2.46. The lowest BCUT2D eigenvalue weighted by molar-refractivity contribution is 0.768. The molecule has 0 saturated heterocycles. The first-order valence-corrected chi connectivity index (χ1v) is 35.7. The van der Waals surface area contributed by atoms with Crippen molar-refractivity contribution in [2.75, 3.05) is 14.7 Å². The summed E-state index contributed by atoms with van der Waals surface area (Å²) in [6.07, 6.45) is 0. The van der Waals surface area contributed by atoms with Crippen molar-refractivity contribution in [3.05, 3.63) is 384 Å². The highest BCUT2D eigenvalue weighted by Crippen LogP contribution is 2.63. The number of para-hydroxylation sites is 3. The Hall–Kier alpha value is -11.2. The minimum Gasteiger partial charge on any atom is -0.311 e. The Labute approximate surface area is 545 Å². The average Bonchev–Trinajstić information content (AvgIpc) is 1.64. The molecule has 2 aliphatic carbocycles. The van der Waals surface area contributed by atoms with E-state index in [0.717, 1.165) is 34.1 Å². The third-order valence-corrected chi connectivity index (χ3v) is 24.9. The lowest BCUT2D eigenvalue weighted by atomic mass is 9.33. The molecule has 0 saturated carbocycles. The van der Waals surface area contributed by atoms with Crippen molar-refractivity contribution in [3.8, 4) is 33.4 Å². The van der Waals surface area contributed by atoms with Crippen molar-refractivity contribution in [1.29, 1.82) is 0 Å². The lowest BCUT2D eigenvalue weighted by Crippen LogP contribution is -2.61. The maximum atomic E-state index is 2.67. The van der Waals surface area contributed by atoms with Gasteiger partial charge in [-0.2, -0.15) is 0 Å². The van der Waals surface area contributed by atoms with Gasteiger partial charge in [-0.25, -0.2) is 0 Å². The van der Waals surface area contributed by atoms with Crippen molar-refractivity contribution < 1.29 is 0 Å². The Balaban J connectivity index is 0.998. The van der Waals surface area contributed by atoms with Gasteiger partial charge in [-0.15, -0.1) is 0 Å². The Morgan fingerprint density at radius 3 is 1.14 bits per heavy atom. The van der Waals surface area contributed by atoms with Crippen LogP contribution in [0.25, 0.3) is 33.4 Å². The molecule has 19 rings (SSSR count). The number of fused-ring (bicyclic) bond motifs is 15. The highest BCUT2D eigenvalue weighted by molar-refractivity contribution is 7.04. The summed E-state index contributed by atoms with van der Waals surface area (Å²) in [5, 5.41) is 2.94. The summed E-state index contributed by atoms with van der Waals surface area (Å²) in [5.74, 6) is 0. The van der Waals surface area contributed by atoms with Gasteiger partial charge in [0.15, 0.2) is 0 Å². The summed E-state index contributed by atoms with van der Waals surface area (Å²) in [6.45, 7) is 4.84. The molecular formula is C88H62BN3Si. The summed E-state index contributed by atoms with van der Waals surface area (Å²) in [5.41, 5.74) is 30.5. The Morgan fingerprint density at radius 2 is 0.688 bits per heavy atom. The summed E-state index contributed by atoms with van der Waals surface area (Å²) >= 11 is 0.